The lowest BCUT2D eigenvalue weighted by Gasteiger charge is -2.32. The largest absolute Gasteiger partial charge is 0.496 e. The number of anilines is 1. The number of amides is 1. The third-order valence-corrected chi connectivity index (χ3v) is 5.70. The highest BCUT2D eigenvalue weighted by molar-refractivity contribution is 6.62. The lowest BCUT2D eigenvalue weighted by atomic mass is 9.80. The van der Waals surface area contributed by atoms with Gasteiger partial charge in [0, 0.05) is 11.7 Å². The molecule has 142 valence electrons. The number of nitrogens with one attached hydrogen (secondary N) is 1. The van der Waals surface area contributed by atoms with Gasteiger partial charge in [-0.3, -0.25) is 10.3 Å². The van der Waals surface area contributed by atoms with Crippen LogP contribution >= 0.6 is 0 Å². The number of ether oxygens (including phenoxy) is 1. The fraction of sp³-hybridized carbons (Fsp3) is 0.684. The first-order valence-electron chi connectivity index (χ1n) is 9.48. The van der Waals surface area contributed by atoms with Gasteiger partial charge >= 0.3 is 13.2 Å². The summed E-state index contributed by atoms with van der Waals surface area (Å²) < 4.78 is 17.7. The van der Waals surface area contributed by atoms with Gasteiger partial charge in [0.25, 0.3) is 0 Å². The zero-order valence-electron chi connectivity index (χ0n) is 16.4. The van der Waals surface area contributed by atoms with Crippen LogP contribution in [0.5, 0.6) is 0 Å². The Hall–Kier alpha value is -1.60. The normalized spacial score (nSPS) is 22.3. The smallest absolute Gasteiger partial charge is 0.446 e. The molecule has 2 heterocycles. The molecule has 0 bridgehead atoms. The van der Waals surface area contributed by atoms with Crippen molar-refractivity contribution in [3.63, 3.8) is 0 Å². The highest BCUT2D eigenvalue weighted by Crippen LogP contribution is 2.36. The van der Waals surface area contributed by atoms with E-state index >= 15 is 0 Å². The van der Waals surface area contributed by atoms with Crippen LogP contribution in [0.2, 0.25) is 0 Å². The van der Waals surface area contributed by atoms with Crippen molar-refractivity contribution in [1.82, 2.24) is 4.98 Å². The van der Waals surface area contributed by atoms with E-state index in [1.165, 1.54) is 6.42 Å². The molecule has 0 radical (unpaired) electrons. The summed E-state index contributed by atoms with van der Waals surface area (Å²) in [7, 11) is -0.511. The molecule has 0 atom stereocenters. The summed E-state index contributed by atoms with van der Waals surface area (Å²) in [4.78, 5) is 16.6. The summed E-state index contributed by atoms with van der Waals surface area (Å²) in [6, 6.07) is 1.85. The molecule has 1 saturated carbocycles. The number of nitrogens with zero attached hydrogens (tertiary/aromatic N) is 1. The van der Waals surface area contributed by atoms with E-state index in [0.717, 1.165) is 36.8 Å². The molecule has 1 aliphatic carbocycles. The Labute approximate surface area is 156 Å². The second-order valence-electron chi connectivity index (χ2n) is 8.28. The van der Waals surface area contributed by atoms with Gasteiger partial charge in [0.15, 0.2) is 0 Å². The maximum atomic E-state index is 12.2. The summed E-state index contributed by atoms with van der Waals surface area (Å²) in [5.74, 6) is 0. The van der Waals surface area contributed by atoms with Crippen molar-refractivity contribution in [2.75, 3.05) is 5.32 Å². The van der Waals surface area contributed by atoms with E-state index in [9.17, 15) is 4.79 Å². The molecule has 7 heteroatoms. The number of carbonyl (C=O) groups is 1. The quantitative estimate of drug-likeness (QED) is 0.835. The summed E-state index contributed by atoms with van der Waals surface area (Å²) >= 11 is 0. The molecule has 0 unspecified atom stereocenters. The molecule has 1 aromatic heterocycles. The first-order chi connectivity index (χ1) is 12.2. The monoisotopic (exact) mass is 360 g/mol. The minimum Gasteiger partial charge on any atom is -0.446 e. The van der Waals surface area contributed by atoms with Crippen LogP contribution in [0.25, 0.3) is 0 Å². The van der Waals surface area contributed by atoms with Crippen LogP contribution in [0.4, 0.5) is 10.5 Å². The number of aromatic nitrogens is 1. The van der Waals surface area contributed by atoms with Crippen molar-refractivity contribution in [1.29, 1.82) is 0 Å². The molecule has 1 saturated heterocycles. The highest BCUT2D eigenvalue weighted by Gasteiger charge is 2.51. The van der Waals surface area contributed by atoms with Crippen LogP contribution < -0.4 is 10.8 Å². The molecule has 26 heavy (non-hydrogen) atoms. The van der Waals surface area contributed by atoms with Gasteiger partial charge in [-0.25, -0.2) is 4.79 Å². The van der Waals surface area contributed by atoms with E-state index in [-0.39, 0.29) is 6.10 Å². The zero-order valence-corrected chi connectivity index (χ0v) is 16.4. The highest BCUT2D eigenvalue weighted by atomic mass is 16.7. The summed E-state index contributed by atoms with van der Waals surface area (Å²) in [6.45, 7) is 9.89. The zero-order chi connectivity index (χ0) is 18.9. The van der Waals surface area contributed by atoms with Gasteiger partial charge < -0.3 is 14.0 Å². The van der Waals surface area contributed by atoms with Gasteiger partial charge in [-0.1, -0.05) is 6.42 Å². The molecule has 0 aromatic carbocycles. The fourth-order valence-corrected chi connectivity index (χ4v) is 3.26. The summed E-state index contributed by atoms with van der Waals surface area (Å²) in [5.41, 5.74) is 1.29. The van der Waals surface area contributed by atoms with Crippen LogP contribution in [0.3, 0.4) is 0 Å². The lowest BCUT2D eigenvalue weighted by Crippen LogP contribution is -2.41. The maximum absolute atomic E-state index is 12.2. The van der Waals surface area contributed by atoms with E-state index in [1.54, 1.807) is 6.20 Å². The third-order valence-electron chi connectivity index (χ3n) is 5.70. The predicted octanol–water partition coefficient (Wildman–Crippen LogP) is 3.57. The third kappa shape index (κ3) is 4.04. The van der Waals surface area contributed by atoms with E-state index in [1.807, 2.05) is 40.7 Å². The maximum Gasteiger partial charge on any atom is 0.496 e. The average Bonchev–Trinajstić information content (AvgIpc) is 2.78. The minimum atomic E-state index is -0.511. The molecule has 0 spiro atoms. The number of pyridine rings is 1. The van der Waals surface area contributed by atoms with E-state index in [0.29, 0.717) is 5.69 Å². The molecule has 1 aromatic rings. The van der Waals surface area contributed by atoms with Gasteiger partial charge in [0.2, 0.25) is 0 Å². The molecule has 3 rings (SSSR count). The SMILES string of the molecule is Cc1ncc(B2OC(C)(C)C(C)(C)O2)cc1NC(=O)OC1CCCCC1. The van der Waals surface area contributed by atoms with Crippen molar-refractivity contribution in [3.8, 4) is 0 Å². The molecular weight excluding hydrogens is 331 g/mol. The molecule has 6 nitrogen and oxygen atoms in total. The number of carbonyl (C=O) groups excluding carboxylic acids is 1. The van der Waals surface area contributed by atoms with Crippen molar-refractivity contribution >= 4 is 24.4 Å². The summed E-state index contributed by atoms with van der Waals surface area (Å²) in [5, 5.41) is 2.83. The Balaban J connectivity index is 1.69. The van der Waals surface area contributed by atoms with Crippen molar-refractivity contribution < 1.29 is 18.8 Å². The van der Waals surface area contributed by atoms with Crippen molar-refractivity contribution in [3.05, 3.63) is 18.0 Å². The molecule has 1 aliphatic heterocycles. The number of hydrogen-bond acceptors (Lipinski definition) is 5. The molecule has 2 fully saturated rings. The van der Waals surface area contributed by atoms with Crippen LogP contribution in [-0.2, 0) is 14.0 Å². The molecule has 1 N–H and O–H groups in total. The number of aryl methyl sites for hydroxylation is 1. The Morgan fingerprint density at radius 3 is 2.42 bits per heavy atom. The number of hydrogen-bond donors (Lipinski definition) is 1. The Bertz CT molecular complexity index is 656. The second kappa shape index (κ2) is 7.20. The Morgan fingerprint density at radius 1 is 1.19 bits per heavy atom. The standard InChI is InChI=1S/C19H29BN2O4/c1-13-16(22-17(23)24-15-9-7-6-8-10-15)11-14(12-21-13)20-25-18(2,3)19(4,5)26-20/h11-12,15H,6-10H2,1-5H3,(H,22,23). The topological polar surface area (TPSA) is 69.7 Å². The van der Waals surface area contributed by atoms with Crippen LogP contribution in [-0.4, -0.2) is 35.5 Å². The first kappa shape index (κ1) is 19.2. The second-order valence-corrected chi connectivity index (χ2v) is 8.28. The van der Waals surface area contributed by atoms with Crippen LogP contribution in [0.15, 0.2) is 12.3 Å². The molecular formula is C19H29BN2O4. The van der Waals surface area contributed by atoms with E-state index in [2.05, 4.69) is 10.3 Å². The Morgan fingerprint density at radius 2 is 1.81 bits per heavy atom. The molecule has 2 aliphatic rings. The van der Waals surface area contributed by atoms with Gasteiger partial charge in [-0.05, 0) is 66.4 Å². The van der Waals surface area contributed by atoms with Crippen LogP contribution in [0, 0.1) is 6.92 Å². The van der Waals surface area contributed by atoms with Crippen LogP contribution in [0.1, 0.15) is 65.5 Å². The van der Waals surface area contributed by atoms with E-state index < -0.39 is 24.4 Å². The first-order valence-corrected chi connectivity index (χ1v) is 9.48. The lowest BCUT2D eigenvalue weighted by molar-refractivity contribution is 0.00578. The van der Waals surface area contributed by atoms with Gasteiger partial charge in [0.1, 0.15) is 6.10 Å². The van der Waals surface area contributed by atoms with Gasteiger partial charge in [0.05, 0.1) is 22.6 Å². The number of rotatable bonds is 3. The van der Waals surface area contributed by atoms with Crippen molar-refractivity contribution in [2.24, 2.45) is 0 Å². The van der Waals surface area contributed by atoms with E-state index in [4.69, 9.17) is 14.0 Å². The Kier molecular flexibility index (Phi) is 5.31. The van der Waals surface area contributed by atoms with Gasteiger partial charge in [-0.15, -0.1) is 0 Å². The molecule has 1 amide bonds. The predicted molar refractivity (Wildman–Crippen MR) is 102 cm³/mol. The van der Waals surface area contributed by atoms with Crippen molar-refractivity contribution in [2.45, 2.75) is 84.0 Å². The minimum absolute atomic E-state index is 0.0169. The summed E-state index contributed by atoms with van der Waals surface area (Å²) in [6.07, 6.45) is 6.68. The fourth-order valence-electron chi connectivity index (χ4n) is 3.26. The average molecular weight is 360 g/mol. The van der Waals surface area contributed by atoms with Gasteiger partial charge in [-0.2, -0.15) is 0 Å².